The van der Waals surface area contributed by atoms with Crippen LogP contribution in [-0.4, -0.2) is 42.1 Å². The maximum absolute atomic E-state index is 12.9. The van der Waals surface area contributed by atoms with E-state index in [-0.39, 0.29) is 23.9 Å². The van der Waals surface area contributed by atoms with Gasteiger partial charge in [-0.15, -0.1) is 12.4 Å². The molecule has 162 valence electrons. The first-order valence-corrected chi connectivity index (χ1v) is 11.6. The maximum atomic E-state index is 12.9. The first-order valence-electron chi connectivity index (χ1n) is 11.6. The van der Waals surface area contributed by atoms with Crippen molar-refractivity contribution in [3.63, 3.8) is 0 Å². The van der Waals surface area contributed by atoms with Crippen LogP contribution in [0.15, 0.2) is 24.3 Å². The minimum Gasteiger partial charge on any atom is -0.339 e. The fourth-order valence-corrected chi connectivity index (χ4v) is 5.56. The summed E-state index contributed by atoms with van der Waals surface area (Å²) >= 11 is 0. The molecule has 1 spiro atoms. The zero-order chi connectivity index (χ0) is 19.4. The fraction of sp³-hybridized carbons (Fsp3) is 0.708. The average Bonchev–Trinajstić information content (AvgIpc) is 3.03. The van der Waals surface area contributed by atoms with Crippen LogP contribution in [-0.2, 0) is 4.79 Å². The van der Waals surface area contributed by atoms with E-state index in [9.17, 15) is 4.79 Å². The molecule has 0 bridgehead atoms. The molecule has 0 aromatic heterocycles. The van der Waals surface area contributed by atoms with E-state index in [4.69, 9.17) is 0 Å². The Labute approximate surface area is 182 Å². The van der Waals surface area contributed by atoms with Gasteiger partial charge in [0.25, 0.3) is 0 Å². The zero-order valence-electron chi connectivity index (χ0n) is 18.0. The van der Waals surface area contributed by atoms with E-state index in [2.05, 4.69) is 46.3 Å². The first-order chi connectivity index (χ1) is 13.7. The molecule has 2 saturated heterocycles. The highest BCUT2D eigenvalue weighted by atomic mass is 35.5. The Hall–Kier alpha value is -1.26. The van der Waals surface area contributed by atoms with Gasteiger partial charge in [-0.2, -0.15) is 0 Å². The predicted molar refractivity (Wildman–Crippen MR) is 123 cm³/mol. The third-order valence-corrected chi connectivity index (χ3v) is 7.40. The lowest BCUT2D eigenvalue weighted by atomic mass is 9.84. The van der Waals surface area contributed by atoms with Crippen molar-refractivity contribution in [1.82, 2.24) is 10.2 Å². The minimum atomic E-state index is -0.345. The summed E-state index contributed by atoms with van der Waals surface area (Å²) in [6.45, 7) is 4.87. The molecule has 0 radical (unpaired) electrons. The number of aryl methyl sites for hydroxylation is 1. The minimum absolute atomic E-state index is 0. The van der Waals surface area contributed by atoms with Gasteiger partial charge in [-0.3, -0.25) is 4.79 Å². The molecule has 1 aromatic carbocycles. The molecule has 4 nitrogen and oxygen atoms in total. The average molecular weight is 420 g/mol. The largest absolute Gasteiger partial charge is 0.339 e. The number of halogens is 1. The molecular formula is C24H38ClN3O. The molecule has 1 aliphatic carbocycles. The number of rotatable bonds is 2. The van der Waals surface area contributed by atoms with Gasteiger partial charge < -0.3 is 15.1 Å². The van der Waals surface area contributed by atoms with Gasteiger partial charge >= 0.3 is 0 Å². The van der Waals surface area contributed by atoms with Crippen LogP contribution in [0.2, 0.25) is 0 Å². The normalized spacial score (nSPS) is 24.2. The number of amides is 1. The van der Waals surface area contributed by atoms with E-state index in [1.165, 1.54) is 69.0 Å². The molecule has 3 fully saturated rings. The van der Waals surface area contributed by atoms with Crippen LogP contribution >= 0.6 is 12.4 Å². The van der Waals surface area contributed by atoms with Gasteiger partial charge in [0.2, 0.25) is 5.91 Å². The molecule has 2 heterocycles. The summed E-state index contributed by atoms with van der Waals surface area (Å²) in [4.78, 5) is 17.9. The molecule has 5 heteroatoms. The van der Waals surface area contributed by atoms with E-state index < -0.39 is 0 Å². The molecule has 4 rings (SSSR count). The quantitative estimate of drug-likeness (QED) is 0.729. The Morgan fingerprint density at radius 1 is 0.897 bits per heavy atom. The lowest BCUT2D eigenvalue weighted by Gasteiger charge is -2.45. The second-order valence-corrected chi connectivity index (χ2v) is 9.20. The Morgan fingerprint density at radius 3 is 2.03 bits per heavy atom. The lowest BCUT2D eigenvalue weighted by molar-refractivity contribution is -0.125. The summed E-state index contributed by atoms with van der Waals surface area (Å²) in [5.41, 5.74) is 2.10. The van der Waals surface area contributed by atoms with Gasteiger partial charge in [-0.1, -0.05) is 62.6 Å². The molecule has 1 amide bonds. The Bertz CT molecular complexity index is 645. The molecule has 0 unspecified atom stereocenters. The van der Waals surface area contributed by atoms with E-state index in [1.807, 2.05) is 0 Å². The number of nitrogens with one attached hydrogen (secondary N) is 1. The highest BCUT2D eigenvalue weighted by Gasteiger charge is 2.50. The third-order valence-electron chi connectivity index (χ3n) is 7.40. The van der Waals surface area contributed by atoms with Crippen molar-refractivity contribution < 1.29 is 4.79 Å². The van der Waals surface area contributed by atoms with Crippen molar-refractivity contribution in [2.24, 2.45) is 0 Å². The molecule has 3 aliphatic rings. The topological polar surface area (TPSA) is 35.6 Å². The molecule has 0 atom stereocenters. The van der Waals surface area contributed by atoms with Crippen LogP contribution < -0.4 is 10.2 Å². The van der Waals surface area contributed by atoms with Crippen LogP contribution in [0, 0.1) is 6.92 Å². The molecular weight excluding hydrogens is 382 g/mol. The first kappa shape index (κ1) is 22.4. The smallest absolute Gasteiger partial charge is 0.247 e. The second kappa shape index (κ2) is 10.2. The Morgan fingerprint density at radius 2 is 1.45 bits per heavy atom. The van der Waals surface area contributed by atoms with Crippen molar-refractivity contribution in [3.8, 4) is 0 Å². The van der Waals surface area contributed by atoms with Gasteiger partial charge in [-0.05, 0) is 44.7 Å². The van der Waals surface area contributed by atoms with E-state index >= 15 is 0 Å². The lowest BCUT2D eigenvalue weighted by Crippen LogP contribution is -2.57. The van der Waals surface area contributed by atoms with E-state index in [1.54, 1.807) is 0 Å². The third kappa shape index (κ3) is 4.91. The molecule has 2 aliphatic heterocycles. The van der Waals surface area contributed by atoms with Crippen molar-refractivity contribution in [1.29, 1.82) is 0 Å². The van der Waals surface area contributed by atoms with Crippen molar-refractivity contribution in [2.75, 3.05) is 24.7 Å². The van der Waals surface area contributed by atoms with Gasteiger partial charge in [0.05, 0.1) is 6.67 Å². The number of benzene rings is 1. The molecule has 1 aromatic rings. The van der Waals surface area contributed by atoms with Gasteiger partial charge in [-0.25, -0.2) is 0 Å². The molecule has 1 N–H and O–H groups in total. The summed E-state index contributed by atoms with van der Waals surface area (Å²) in [6, 6.07) is 9.38. The summed E-state index contributed by atoms with van der Waals surface area (Å²) in [6.07, 6.45) is 14.4. The number of piperidine rings is 1. The predicted octanol–water partition coefficient (Wildman–Crippen LogP) is 5.04. The van der Waals surface area contributed by atoms with E-state index in [0.717, 1.165) is 32.0 Å². The van der Waals surface area contributed by atoms with Crippen molar-refractivity contribution in [3.05, 3.63) is 29.8 Å². The van der Waals surface area contributed by atoms with Crippen molar-refractivity contribution >= 4 is 24.0 Å². The highest BCUT2D eigenvalue weighted by molar-refractivity contribution is 5.93. The zero-order valence-corrected chi connectivity index (χ0v) is 18.8. The highest BCUT2D eigenvalue weighted by Crippen LogP contribution is 2.37. The SMILES string of the molecule is Cc1ccc(N2CNC(=O)C23CCN(C2CCCCCCCCC2)CC3)cc1.Cl. The van der Waals surface area contributed by atoms with Crippen LogP contribution in [0.3, 0.4) is 0 Å². The number of anilines is 1. The number of hydrogen-bond acceptors (Lipinski definition) is 3. The summed E-state index contributed by atoms with van der Waals surface area (Å²) < 4.78 is 0. The van der Waals surface area contributed by atoms with Crippen LogP contribution in [0.4, 0.5) is 5.69 Å². The van der Waals surface area contributed by atoms with Crippen LogP contribution in [0.25, 0.3) is 0 Å². The van der Waals surface area contributed by atoms with Crippen molar-refractivity contribution in [2.45, 2.75) is 89.1 Å². The number of hydrogen-bond donors (Lipinski definition) is 1. The number of carbonyl (C=O) groups is 1. The maximum Gasteiger partial charge on any atom is 0.247 e. The van der Waals surface area contributed by atoms with Crippen LogP contribution in [0.5, 0.6) is 0 Å². The van der Waals surface area contributed by atoms with Gasteiger partial charge in [0.1, 0.15) is 5.54 Å². The molecule has 1 saturated carbocycles. The number of nitrogens with zero attached hydrogens (tertiary/aromatic N) is 2. The summed E-state index contributed by atoms with van der Waals surface area (Å²) in [7, 11) is 0. The Kier molecular flexibility index (Phi) is 7.86. The Balaban J connectivity index is 0.00000240. The monoisotopic (exact) mass is 419 g/mol. The molecule has 29 heavy (non-hydrogen) atoms. The van der Waals surface area contributed by atoms with E-state index in [0.29, 0.717) is 6.67 Å². The summed E-state index contributed by atoms with van der Waals surface area (Å²) in [5.74, 6) is 0.235. The number of likely N-dealkylation sites (tertiary alicyclic amines) is 1. The second-order valence-electron chi connectivity index (χ2n) is 9.20. The van der Waals surface area contributed by atoms with Gasteiger partial charge in [0.15, 0.2) is 0 Å². The summed E-state index contributed by atoms with van der Waals surface area (Å²) in [5, 5.41) is 3.14. The van der Waals surface area contributed by atoms with Gasteiger partial charge in [0, 0.05) is 24.8 Å². The number of carbonyl (C=O) groups excluding carboxylic acids is 1. The standard InChI is InChI=1S/C24H37N3O.ClH/c1-20-11-13-22(14-12-20)27-19-25-23(28)24(27)15-17-26(18-16-24)21-9-7-5-3-2-4-6-8-10-21;/h11-14,21H,2-10,15-19H2,1H3,(H,25,28);1H. The fourth-order valence-electron chi connectivity index (χ4n) is 5.56. The van der Waals surface area contributed by atoms with Crippen LogP contribution in [0.1, 0.15) is 76.2 Å².